The number of anilines is 2. The Morgan fingerprint density at radius 3 is 2.48 bits per heavy atom. The topological polar surface area (TPSA) is 76.3 Å². The van der Waals surface area contributed by atoms with Crippen molar-refractivity contribution < 1.29 is 8.42 Å². The number of pyridine rings is 1. The Hall–Kier alpha value is -1.79. The Morgan fingerprint density at radius 2 is 1.90 bits per heavy atom. The van der Waals surface area contributed by atoms with E-state index in [0.29, 0.717) is 22.8 Å². The van der Waals surface area contributed by atoms with Crippen LogP contribution in [-0.2, 0) is 10.0 Å². The molecule has 0 radical (unpaired) electrons. The number of halogens is 1. The first kappa shape index (κ1) is 15.6. The lowest BCUT2D eigenvalue weighted by molar-refractivity contribution is 0.591. The number of aromatic nitrogens is 1. The molecule has 2 N–H and O–H groups in total. The normalized spacial score (nSPS) is 11.4. The van der Waals surface area contributed by atoms with Crippen molar-refractivity contribution in [1.29, 1.82) is 0 Å². The number of hydrogen-bond donors (Lipinski definition) is 1. The minimum absolute atomic E-state index is 0.156. The lowest BCUT2D eigenvalue weighted by atomic mass is 10.2. The maximum atomic E-state index is 12.9. The Bertz CT molecular complexity index is 748. The van der Waals surface area contributed by atoms with Crippen LogP contribution in [0.5, 0.6) is 0 Å². The van der Waals surface area contributed by atoms with E-state index >= 15 is 0 Å². The van der Waals surface area contributed by atoms with Gasteiger partial charge in [-0.25, -0.2) is 8.42 Å². The molecule has 0 spiro atoms. The van der Waals surface area contributed by atoms with E-state index in [0.717, 1.165) is 0 Å². The van der Waals surface area contributed by atoms with E-state index in [1.54, 1.807) is 44.4 Å². The minimum atomic E-state index is -3.71. The van der Waals surface area contributed by atoms with Crippen molar-refractivity contribution >= 4 is 33.0 Å². The van der Waals surface area contributed by atoms with E-state index in [-0.39, 0.29) is 10.6 Å². The van der Waals surface area contributed by atoms with Crippen LogP contribution in [0.3, 0.4) is 0 Å². The molecule has 0 unspecified atom stereocenters. The van der Waals surface area contributed by atoms with Crippen LogP contribution in [0, 0.1) is 6.92 Å². The quantitative estimate of drug-likeness (QED) is 0.877. The molecule has 0 bridgehead atoms. The zero-order valence-electron chi connectivity index (χ0n) is 11.7. The van der Waals surface area contributed by atoms with Crippen LogP contribution in [0.1, 0.15) is 12.5 Å². The molecule has 1 aromatic carbocycles. The summed E-state index contributed by atoms with van der Waals surface area (Å²) in [6, 6.07) is 6.26. The third kappa shape index (κ3) is 2.96. The first-order chi connectivity index (χ1) is 9.87. The van der Waals surface area contributed by atoms with Gasteiger partial charge in [0, 0.05) is 18.9 Å². The maximum absolute atomic E-state index is 12.9. The molecule has 0 saturated carbocycles. The van der Waals surface area contributed by atoms with E-state index in [2.05, 4.69) is 4.98 Å². The molecular weight excluding hydrogens is 310 g/mol. The molecule has 7 heteroatoms. The molecule has 0 saturated heterocycles. The molecule has 21 heavy (non-hydrogen) atoms. The van der Waals surface area contributed by atoms with Gasteiger partial charge in [-0.3, -0.25) is 9.29 Å². The highest BCUT2D eigenvalue weighted by Gasteiger charge is 2.26. The molecule has 0 aliphatic heterocycles. The first-order valence-electron chi connectivity index (χ1n) is 6.36. The fourth-order valence-electron chi connectivity index (χ4n) is 2.07. The second kappa shape index (κ2) is 5.91. The van der Waals surface area contributed by atoms with Crippen molar-refractivity contribution in [2.45, 2.75) is 18.7 Å². The number of nitrogen functional groups attached to an aromatic ring is 1. The van der Waals surface area contributed by atoms with Gasteiger partial charge in [0.15, 0.2) is 0 Å². The molecular formula is C14H16ClN3O2S. The number of nitrogens with two attached hydrogens (primary N) is 1. The lowest BCUT2D eigenvalue weighted by Crippen LogP contribution is -2.31. The number of benzene rings is 1. The van der Waals surface area contributed by atoms with Gasteiger partial charge in [-0.05, 0) is 43.7 Å². The van der Waals surface area contributed by atoms with Gasteiger partial charge >= 0.3 is 0 Å². The summed E-state index contributed by atoms with van der Waals surface area (Å²) in [7, 11) is -3.71. The predicted molar refractivity (Wildman–Crippen MR) is 85.0 cm³/mol. The summed E-state index contributed by atoms with van der Waals surface area (Å²) in [5, 5.41) is 0.346. The molecule has 0 atom stereocenters. The molecule has 0 aliphatic rings. The molecule has 2 aromatic rings. The van der Waals surface area contributed by atoms with Gasteiger partial charge < -0.3 is 5.73 Å². The Kier molecular flexibility index (Phi) is 4.39. The van der Waals surface area contributed by atoms with Gasteiger partial charge in [0.25, 0.3) is 10.0 Å². The van der Waals surface area contributed by atoms with Crippen LogP contribution in [0.25, 0.3) is 0 Å². The molecule has 2 rings (SSSR count). The summed E-state index contributed by atoms with van der Waals surface area (Å²) in [5.41, 5.74) is 7.10. The first-order valence-corrected chi connectivity index (χ1v) is 8.18. The molecule has 112 valence electrons. The highest BCUT2D eigenvalue weighted by Crippen LogP contribution is 2.30. The molecule has 1 aromatic heterocycles. The van der Waals surface area contributed by atoms with Crippen molar-refractivity contribution in [2.75, 3.05) is 16.6 Å². The zero-order chi connectivity index (χ0) is 15.6. The Balaban J connectivity index is 2.58. The van der Waals surface area contributed by atoms with Gasteiger partial charge in [0.05, 0.1) is 21.3 Å². The second-order valence-electron chi connectivity index (χ2n) is 4.51. The van der Waals surface area contributed by atoms with Gasteiger partial charge in [0.1, 0.15) is 0 Å². The van der Waals surface area contributed by atoms with E-state index in [4.69, 9.17) is 17.3 Å². The third-order valence-corrected chi connectivity index (χ3v) is 5.47. The fourth-order valence-corrected chi connectivity index (χ4v) is 4.00. The van der Waals surface area contributed by atoms with Crippen LogP contribution in [0.4, 0.5) is 11.4 Å². The number of sulfonamides is 1. The van der Waals surface area contributed by atoms with Crippen molar-refractivity contribution in [3.8, 4) is 0 Å². The van der Waals surface area contributed by atoms with Crippen molar-refractivity contribution in [3.05, 3.63) is 47.2 Å². The van der Waals surface area contributed by atoms with Crippen LogP contribution in [-0.4, -0.2) is 19.9 Å². The van der Waals surface area contributed by atoms with E-state index < -0.39 is 10.0 Å². The Labute approximate surface area is 129 Å². The number of hydrogen-bond acceptors (Lipinski definition) is 4. The Morgan fingerprint density at radius 1 is 1.29 bits per heavy atom. The van der Waals surface area contributed by atoms with Crippen molar-refractivity contribution in [1.82, 2.24) is 4.98 Å². The molecule has 1 heterocycles. The second-order valence-corrected chi connectivity index (χ2v) is 6.75. The molecule has 0 fully saturated rings. The largest absolute Gasteiger partial charge is 0.397 e. The lowest BCUT2D eigenvalue weighted by Gasteiger charge is -2.24. The van der Waals surface area contributed by atoms with Crippen molar-refractivity contribution in [3.63, 3.8) is 0 Å². The summed E-state index contributed by atoms with van der Waals surface area (Å²) in [4.78, 5) is 4.06. The van der Waals surface area contributed by atoms with Crippen LogP contribution in [0.15, 0.2) is 41.6 Å². The van der Waals surface area contributed by atoms with Crippen molar-refractivity contribution in [2.24, 2.45) is 0 Å². The minimum Gasteiger partial charge on any atom is -0.397 e. The van der Waals surface area contributed by atoms with Gasteiger partial charge in [0.2, 0.25) is 0 Å². The van der Waals surface area contributed by atoms with Gasteiger partial charge in [-0.2, -0.15) is 0 Å². The van der Waals surface area contributed by atoms with E-state index in [9.17, 15) is 8.42 Å². The molecule has 5 nitrogen and oxygen atoms in total. The average molecular weight is 326 g/mol. The zero-order valence-corrected chi connectivity index (χ0v) is 13.3. The summed E-state index contributed by atoms with van der Waals surface area (Å²) in [6.07, 6.45) is 3.10. The molecule has 0 amide bonds. The van der Waals surface area contributed by atoms with E-state index in [1.165, 1.54) is 10.4 Å². The monoisotopic (exact) mass is 325 g/mol. The number of rotatable bonds is 4. The highest BCUT2D eigenvalue weighted by atomic mass is 35.5. The fraction of sp³-hybridized carbons (Fsp3) is 0.214. The number of aryl methyl sites for hydroxylation is 1. The maximum Gasteiger partial charge on any atom is 0.264 e. The standard InChI is InChI=1S/C14H16ClN3O2S/c1-3-18(11-4-6-17-7-5-11)21(19,20)14-9-13(16)12(15)8-10(14)2/h4-9H,3,16H2,1-2H3. The highest BCUT2D eigenvalue weighted by molar-refractivity contribution is 7.92. The SMILES string of the molecule is CCN(c1ccncc1)S(=O)(=O)c1cc(N)c(Cl)cc1C. The van der Waals surface area contributed by atoms with Gasteiger partial charge in [-0.15, -0.1) is 0 Å². The van der Waals surface area contributed by atoms with Crippen LogP contribution >= 0.6 is 11.6 Å². The summed E-state index contributed by atoms with van der Waals surface area (Å²) in [5.74, 6) is 0. The molecule has 0 aliphatic carbocycles. The predicted octanol–water partition coefficient (Wildman–Crippen LogP) is 2.84. The summed E-state index contributed by atoms with van der Waals surface area (Å²) < 4.78 is 27.0. The number of nitrogens with zero attached hydrogens (tertiary/aromatic N) is 2. The van der Waals surface area contributed by atoms with Gasteiger partial charge in [-0.1, -0.05) is 11.6 Å². The van der Waals surface area contributed by atoms with Crippen LogP contribution in [0.2, 0.25) is 5.02 Å². The summed E-state index contributed by atoms with van der Waals surface area (Å²) >= 11 is 5.92. The summed E-state index contributed by atoms with van der Waals surface area (Å²) in [6.45, 7) is 3.76. The smallest absolute Gasteiger partial charge is 0.264 e. The average Bonchev–Trinajstić information content (AvgIpc) is 2.44. The van der Waals surface area contributed by atoms with E-state index in [1.807, 2.05) is 0 Å². The third-order valence-electron chi connectivity index (χ3n) is 3.10. The van der Waals surface area contributed by atoms with Crippen LogP contribution < -0.4 is 10.0 Å².